The summed E-state index contributed by atoms with van der Waals surface area (Å²) in [6.07, 6.45) is 4.97. The molecule has 8 nitrogen and oxygen atoms in total. The van der Waals surface area contributed by atoms with Gasteiger partial charge >= 0.3 is 5.97 Å². The van der Waals surface area contributed by atoms with Crippen molar-refractivity contribution in [2.45, 2.75) is 82.0 Å². The fraction of sp³-hybridized carbons (Fsp3) is 0.741. The molecule has 1 N–H and O–H groups in total. The van der Waals surface area contributed by atoms with E-state index in [0.29, 0.717) is 37.6 Å². The van der Waals surface area contributed by atoms with Gasteiger partial charge in [0.1, 0.15) is 6.61 Å². The average Bonchev–Trinajstić information content (AvgIpc) is 3.38. The molecule has 2 saturated heterocycles. The Bertz CT molecular complexity index is 1030. The predicted octanol–water partition coefficient (Wildman–Crippen LogP) is 2.87. The third-order valence-corrected chi connectivity index (χ3v) is 9.86. The Hall–Kier alpha value is -2.19. The zero-order valence-electron chi connectivity index (χ0n) is 21.3. The van der Waals surface area contributed by atoms with Gasteiger partial charge in [-0.3, -0.25) is 9.69 Å². The van der Waals surface area contributed by atoms with Crippen LogP contribution in [0, 0.1) is 5.41 Å². The molecule has 1 aromatic rings. The van der Waals surface area contributed by atoms with Crippen LogP contribution in [0.25, 0.3) is 0 Å². The average molecular weight is 487 g/mol. The second-order valence-corrected chi connectivity index (χ2v) is 11.0. The Balaban J connectivity index is 1.56. The highest BCUT2D eigenvalue weighted by atomic mass is 16.5. The highest BCUT2D eigenvalue weighted by Crippen LogP contribution is 2.69. The first-order valence-corrected chi connectivity index (χ1v) is 13.2. The number of fused-ring (bicyclic) bond motifs is 1. The molecule has 192 valence electrons. The van der Waals surface area contributed by atoms with Crippen molar-refractivity contribution in [3.63, 3.8) is 0 Å². The number of piperidine rings is 1. The minimum Gasteiger partial charge on any atom is -0.493 e. The lowest BCUT2D eigenvalue weighted by Gasteiger charge is -2.61. The van der Waals surface area contributed by atoms with Crippen LogP contribution in [0.2, 0.25) is 0 Å². The maximum Gasteiger partial charge on any atom is 0.302 e. The number of hydrogen-bond acceptors (Lipinski definition) is 8. The van der Waals surface area contributed by atoms with E-state index in [-0.39, 0.29) is 34.9 Å². The molecule has 1 aromatic carbocycles. The van der Waals surface area contributed by atoms with Gasteiger partial charge in [0.05, 0.1) is 38.7 Å². The van der Waals surface area contributed by atoms with E-state index in [1.54, 1.807) is 14.2 Å². The highest BCUT2D eigenvalue weighted by molar-refractivity contribution is 5.81. The van der Waals surface area contributed by atoms with Gasteiger partial charge in [-0.1, -0.05) is 6.92 Å². The molecular formula is C27H38N2O6. The number of ether oxygens (including phenoxy) is 4. The number of rotatable bonds is 6. The van der Waals surface area contributed by atoms with E-state index in [4.69, 9.17) is 18.9 Å². The van der Waals surface area contributed by atoms with Gasteiger partial charge in [0.2, 0.25) is 5.75 Å². The number of carbonyl (C=O) groups excluding carboxylic acids is 1. The molecule has 35 heavy (non-hydrogen) atoms. The van der Waals surface area contributed by atoms with Crippen molar-refractivity contribution in [2.75, 3.05) is 45.4 Å². The second-order valence-electron chi connectivity index (χ2n) is 11.0. The fourth-order valence-corrected chi connectivity index (χ4v) is 8.64. The van der Waals surface area contributed by atoms with E-state index in [9.17, 15) is 9.90 Å². The van der Waals surface area contributed by atoms with Crippen LogP contribution in [0.15, 0.2) is 6.07 Å². The van der Waals surface area contributed by atoms with Crippen LogP contribution in [0.4, 0.5) is 5.69 Å². The Morgan fingerprint density at radius 1 is 1.26 bits per heavy atom. The molecule has 5 aliphatic rings. The summed E-state index contributed by atoms with van der Waals surface area (Å²) in [5.74, 6) is 1.88. The van der Waals surface area contributed by atoms with Crippen molar-refractivity contribution in [1.82, 2.24) is 4.90 Å². The predicted molar refractivity (Wildman–Crippen MR) is 131 cm³/mol. The summed E-state index contributed by atoms with van der Waals surface area (Å²) < 4.78 is 23.5. The lowest BCUT2D eigenvalue weighted by atomic mass is 9.51. The molecule has 4 heterocycles. The van der Waals surface area contributed by atoms with Crippen molar-refractivity contribution in [2.24, 2.45) is 5.41 Å². The second kappa shape index (κ2) is 8.17. The van der Waals surface area contributed by atoms with Gasteiger partial charge in [-0.25, -0.2) is 0 Å². The van der Waals surface area contributed by atoms with Gasteiger partial charge < -0.3 is 29.0 Å². The summed E-state index contributed by atoms with van der Waals surface area (Å²) in [5, 5.41) is 11.9. The molecule has 0 bridgehead atoms. The molecule has 1 saturated carbocycles. The van der Waals surface area contributed by atoms with Gasteiger partial charge in [0.25, 0.3) is 0 Å². The molecule has 0 aromatic heterocycles. The SMILES string of the molecule is CC[C@@H]1COc2c(OC)c(OC)cc3c2N1[C@@H]1C[C@H](O)[C@@]2(CCOC(C)=O)CCCN4CC[C@@]31[C@H]42. The summed E-state index contributed by atoms with van der Waals surface area (Å²) in [6, 6.07) is 2.81. The molecule has 0 unspecified atom stereocenters. The third-order valence-electron chi connectivity index (χ3n) is 9.86. The van der Waals surface area contributed by atoms with Crippen molar-refractivity contribution >= 4 is 11.7 Å². The van der Waals surface area contributed by atoms with Crippen LogP contribution < -0.4 is 19.1 Å². The van der Waals surface area contributed by atoms with E-state index < -0.39 is 6.10 Å². The molecule has 6 rings (SSSR count). The van der Waals surface area contributed by atoms with Gasteiger partial charge in [-0.05, 0) is 63.2 Å². The molecule has 1 spiro atoms. The maximum atomic E-state index is 11.9. The molecular weight excluding hydrogens is 448 g/mol. The van der Waals surface area contributed by atoms with Crippen molar-refractivity contribution < 1.29 is 28.8 Å². The number of carbonyl (C=O) groups is 1. The Labute approximate surface area is 207 Å². The molecule has 4 aliphatic heterocycles. The van der Waals surface area contributed by atoms with Crippen LogP contribution in [0.1, 0.15) is 57.9 Å². The Morgan fingerprint density at radius 2 is 2.09 bits per heavy atom. The summed E-state index contributed by atoms with van der Waals surface area (Å²) in [7, 11) is 3.36. The van der Waals surface area contributed by atoms with E-state index in [1.807, 2.05) is 0 Å². The highest BCUT2D eigenvalue weighted by Gasteiger charge is 2.72. The van der Waals surface area contributed by atoms with Crippen molar-refractivity contribution in [3.8, 4) is 17.2 Å². The van der Waals surface area contributed by atoms with Gasteiger partial charge in [-0.2, -0.15) is 0 Å². The van der Waals surface area contributed by atoms with E-state index in [0.717, 1.165) is 50.2 Å². The normalized spacial score (nSPS) is 36.7. The zero-order valence-corrected chi connectivity index (χ0v) is 21.3. The van der Waals surface area contributed by atoms with E-state index in [1.165, 1.54) is 12.5 Å². The molecule has 0 amide bonds. The number of anilines is 1. The standard InChI is InChI=1S/C27H38N2O6/c1-5-17-15-35-24-22-18(13-19(32-3)23(24)33-4)27-8-11-28-10-6-7-26(25(27)28,9-12-34-16(2)30)21(31)14-20(27)29(17)22/h13,17,20-21,25,31H,5-12,14-15H2,1-4H3/t17-,20-,21+,25-,26+,27-/m1/s1. The van der Waals surface area contributed by atoms with Crippen LogP contribution in [0.5, 0.6) is 17.2 Å². The molecule has 6 atom stereocenters. The van der Waals surface area contributed by atoms with E-state index >= 15 is 0 Å². The smallest absolute Gasteiger partial charge is 0.302 e. The number of benzene rings is 1. The van der Waals surface area contributed by atoms with Crippen LogP contribution in [-0.4, -0.2) is 80.7 Å². The van der Waals surface area contributed by atoms with Crippen LogP contribution >= 0.6 is 0 Å². The maximum absolute atomic E-state index is 11.9. The summed E-state index contributed by atoms with van der Waals surface area (Å²) in [4.78, 5) is 16.8. The quantitative estimate of drug-likeness (QED) is 0.615. The number of aliphatic hydroxyl groups excluding tert-OH is 1. The van der Waals surface area contributed by atoms with Gasteiger partial charge in [0.15, 0.2) is 11.5 Å². The Morgan fingerprint density at radius 3 is 2.80 bits per heavy atom. The van der Waals surface area contributed by atoms with Crippen LogP contribution in [0.3, 0.4) is 0 Å². The summed E-state index contributed by atoms with van der Waals surface area (Å²) in [6.45, 7) is 6.69. The Kier molecular flexibility index (Phi) is 5.42. The lowest BCUT2D eigenvalue weighted by Crippen LogP contribution is -2.70. The van der Waals surface area contributed by atoms with Gasteiger partial charge in [-0.15, -0.1) is 0 Å². The molecule has 3 fully saturated rings. The van der Waals surface area contributed by atoms with Crippen LogP contribution in [-0.2, 0) is 14.9 Å². The van der Waals surface area contributed by atoms with Gasteiger partial charge in [0, 0.05) is 29.8 Å². The summed E-state index contributed by atoms with van der Waals surface area (Å²) in [5.41, 5.74) is 1.98. The number of esters is 1. The number of nitrogens with zero attached hydrogens (tertiary/aromatic N) is 2. The first-order valence-electron chi connectivity index (χ1n) is 13.2. The topological polar surface area (TPSA) is 80.7 Å². The first-order chi connectivity index (χ1) is 16.9. The zero-order chi connectivity index (χ0) is 24.5. The first kappa shape index (κ1) is 23.2. The number of methoxy groups -OCH3 is 2. The monoisotopic (exact) mass is 486 g/mol. The number of aliphatic hydroxyl groups is 1. The largest absolute Gasteiger partial charge is 0.493 e. The third kappa shape index (κ3) is 2.90. The number of hydrogen-bond donors (Lipinski definition) is 1. The minimum absolute atomic E-state index is 0.138. The molecule has 1 aliphatic carbocycles. The minimum atomic E-state index is -0.455. The summed E-state index contributed by atoms with van der Waals surface area (Å²) >= 11 is 0. The molecule has 0 radical (unpaired) electrons. The lowest BCUT2D eigenvalue weighted by molar-refractivity contribution is -0.150. The van der Waals surface area contributed by atoms with Crippen molar-refractivity contribution in [3.05, 3.63) is 11.6 Å². The molecule has 8 heteroatoms. The fourth-order valence-electron chi connectivity index (χ4n) is 8.64. The van der Waals surface area contributed by atoms with Crippen molar-refractivity contribution in [1.29, 1.82) is 0 Å². The van der Waals surface area contributed by atoms with E-state index in [2.05, 4.69) is 22.8 Å².